The third-order valence-electron chi connectivity index (χ3n) is 4.07. The summed E-state index contributed by atoms with van der Waals surface area (Å²) >= 11 is 0. The van der Waals surface area contributed by atoms with Crippen molar-refractivity contribution in [2.75, 3.05) is 19.6 Å². The molecule has 0 bridgehead atoms. The Morgan fingerprint density at radius 2 is 1.73 bits per heavy atom. The van der Waals surface area contributed by atoms with Crippen LogP contribution in [0.15, 0.2) is 0 Å². The maximum absolute atomic E-state index is 3.47. The highest BCUT2D eigenvalue weighted by atomic mass is 15.2. The number of piperidine rings is 1. The predicted octanol–water partition coefficient (Wildman–Crippen LogP) is 2.25. The van der Waals surface area contributed by atoms with Gasteiger partial charge in [-0.05, 0) is 50.7 Å². The van der Waals surface area contributed by atoms with Crippen LogP contribution in [0.5, 0.6) is 0 Å². The van der Waals surface area contributed by atoms with Crippen LogP contribution >= 0.6 is 0 Å². The third-order valence-corrected chi connectivity index (χ3v) is 4.07. The maximum Gasteiger partial charge on any atom is 0.0147 e. The van der Waals surface area contributed by atoms with Crippen molar-refractivity contribution in [3.63, 3.8) is 0 Å². The molecular formula is C13H26N2. The SMILES string of the molecule is CC(C)(C)C1CCCN1C1CCNCC1. The predicted molar refractivity (Wildman–Crippen MR) is 65.1 cm³/mol. The van der Waals surface area contributed by atoms with E-state index in [1.54, 1.807) is 0 Å². The van der Waals surface area contributed by atoms with Crippen LogP contribution in [0.1, 0.15) is 46.5 Å². The Hall–Kier alpha value is -0.0800. The highest BCUT2D eigenvalue weighted by molar-refractivity contribution is 4.92. The molecular weight excluding hydrogens is 184 g/mol. The number of rotatable bonds is 1. The van der Waals surface area contributed by atoms with Crippen molar-refractivity contribution in [1.29, 1.82) is 0 Å². The van der Waals surface area contributed by atoms with Gasteiger partial charge in [0.1, 0.15) is 0 Å². The van der Waals surface area contributed by atoms with Gasteiger partial charge in [-0.15, -0.1) is 0 Å². The lowest BCUT2D eigenvalue weighted by molar-refractivity contribution is 0.0804. The van der Waals surface area contributed by atoms with E-state index in [1.165, 1.54) is 45.3 Å². The van der Waals surface area contributed by atoms with Crippen LogP contribution < -0.4 is 5.32 Å². The lowest BCUT2D eigenvalue weighted by atomic mass is 9.84. The summed E-state index contributed by atoms with van der Waals surface area (Å²) in [7, 11) is 0. The number of hydrogen-bond acceptors (Lipinski definition) is 2. The molecule has 0 aliphatic carbocycles. The normalized spacial score (nSPS) is 31.0. The Morgan fingerprint density at radius 3 is 2.33 bits per heavy atom. The number of likely N-dealkylation sites (tertiary alicyclic amines) is 1. The first-order valence-electron chi connectivity index (χ1n) is 6.55. The molecule has 2 heteroatoms. The molecule has 1 N–H and O–H groups in total. The molecule has 0 amide bonds. The van der Waals surface area contributed by atoms with Crippen molar-refractivity contribution in [2.45, 2.75) is 58.5 Å². The van der Waals surface area contributed by atoms with E-state index in [4.69, 9.17) is 0 Å². The van der Waals surface area contributed by atoms with E-state index in [0.717, 1.165) is 12.1 Å². The van der Waals surface area contributed by atoms with Gasteiger partial charge in [0.2, 0.25) is 0 Å². The van der Waals surface area contributed by atoms with E-state index in [2.05, 4.69) is 31.0 Å². The molecule has 2 heterocycles. The monoisotopic (exact) mass is 210 g/mol. The fourth-order valence-corrected chi connectivity index (χ4v) is 3.29. The molecule has 0 aromatic rings. The Labute approximate surface area is 94.4 Å². The molecule has 2 nitrogen and oxygen atoms in total. The highest BCUT2D eigenvalue weighted by Gasteiger charge is 2.37. The largest absolute Gasteiger partial charge is 0.317 e. The van der Waals surface area contributed by atoms with Gasteiger partial charge in [-0.25, -0.2) is 0 Å². The van der Waals surface area contributed by atoms with E-state index in [1.807, 2.05) is 0 Å². The lowest BCUT2D eigenvalue weighted by Gasteiger charge is -2.41. The molecule has 0 aromatic heterocycles. The van der Waals surface area contributed by atoms with Gasteiger partial charge < -0.3 is 5.32 Å². The molecule has 1 atom stereocenters. The number of nitrogens with one attached hydrogen (secondary N) is 1. The second kappa shape index (κ2) is 4.42. The van der Waals surface area contributed by atoms with Gasteiger partial charge in [-0.1, -0.05) is 20.8 Å². The van der Waals surface area contributed by atoms with Gasteiger partial charge in [0.05, 0.1) is 0 Å². The smallest absolute Gasteiger partial charge is 0.0147 e. The molecule has 15 heavy (non-hydrogen) atoms. The minimum Gasteiger partial charge on any atom is -0.317 e. The lowest BCUT2D eigenvalue weighted by Crippen LogP contribution is -2.49. The van der Waals surface area contributed by atoms with Crippen molar-refractivity contribution in [3.8, 4) is 0 Å². The van der Waals surface area contributed by atoms with Crippen molar-refractivity contribution >= 4 is 0 Å². The molecule has 0 aromatic carbocycles. The molecule has 2 fully saturated rings. The Morgan fingerprint density at radius 1 is 1.07 bits per heavy atom. The van der Waals surface area contributed by atoms with E-state index in [-0.39, 0.29) is 0 Å². The van der Waals surface area contributed by atoms with Crippen LogP contribution in [0, 0.1) is 5.41 Å². The number of nitrogens with zero attached hydrogens (tertiary/aromatic N) is 1. The maximum atomic E-state index is 3.47. The van der Waals surface area contributed by atoms with Crippen LogP contribution in [-0.2, 0) is 0 Å². The van der Waals surface area contributed by atoms with Crippen LogP contribution in [0.4, 0.5) is 0 Å². The molecule has 1 unspecified atom stereocenters. The van der Waals surface area contributed by atoms with Crippen molar-refractivity contribution in [3.05, 3.63) is 0 Å². The summed E-state index contributed by atoms with van der Waals surface area (Å²) in [5, 5.41) is 3.47. The van der Waals surface area contributed by atoms with E-state index in [9.17, 15) is 0 Å². The fraction of sp³-hybridized carbons (Fsp3) is 1.00. The summed E-state index contributed by atoms with van der Waals surface area (Å²) in [6, 6.07) is 1.68. The van der Waals surface area contributed by atoms with Crippen molar-refractivity contribution < 1.29 is 0 Å². The highest BCUT2D eigenvalue weighted by Crippen LogP contribution is 2.35. The zero-order valence-electron chi connectivity index (χ0n) is 10.6. The molecule has 2 aliphatic rings. The average molecular weight is 210 g/mol. The minimum atomic E-state index is 0.460. The third kappa shape index (κ3) is 2.54. The molecule has 0 radical (unpaired) electrons. The Balaban J connectivity index is 2.00. The van der Waals surface area contributed by atoms with Crippen LogP contribution in [0.3, 0.4) is 0 Å². The molecule has 2 saturated heterocycles. The molecule has 0 saturated carbocycles. The van der Waals surface area contributed by atoms with Gasteiger partial charge in [-0.3, -0.25) is 4.90 Å². The van der Waals surface area contributed by atoms with Crippen LogP contribution in [-0.4, -0.2) is 36.6 Å². The molecule has 88 valence electrons. The Bertz CT molecular complexity index is 201. The summed E-state index contributed by atoms with van der Waals surface area (Å²) in [6.45, 7) is 11.0. The summed E-state index contributed by atoms with van der Waals surface area (Å²) in [4.78, 5) is 2.81. The standard InChI is InChI=1S/C13H26N2/c1-13(2,3)12-5-4-10-15(12)11-6-8-14-9-7-11/h11-12,14H,4-10H2,1-3H3. The van der Waals surface area contributed by atoms with Gasteiger partial charge in [0, 0.05) is 12.1 Å². The van der Waals surface area contributed by atoms with E-state index in [0.29, 0.717) is 5.41 Å². The van der Waals surface area contributed by atoms with Crippen molar-refractivity contribution in [1.82, 2.24) is 10.2 Å². The van der Waals surface area contributed by atoms with Crippen molar-refractivity contribution in [2.24, 2.45) is 5.41 Å². The second-order valence-corrected chi connectivity index (χ2v) is 6.24. The quantitative estimate of drug-likeness (QED) is 0.714. The average Bonchev–Trinajstić information content (AvgIpc) is 2.67. The Kier molecular flexibility index (Phi) is 3.36. The zero-order chi connectivity index (χ0) is 10.9. The first-order chi connectivity index (χ1) is 7.09. The number of hydrogen-bond donors (Lipinski definition) is 1. The summed E-state index contributed by atoms with van der Waals surface area (Å²) in [5.74, 6) is 0. The topological polar surface area (TPSA) is 15.3 Å². The van der Waals surface area contributed by atoms with Gasteiger partial charge >= 0.3 is 0 Å². The zero-order valence-corrected chi connectivity index (χ0v) is 10.6. The summed E-state index contributed by atoms with van der Waals surface area (Å²) in [6.07, 6.45) is 5.53. The first-order valence-corrected chi connectivity index (χ1v) is 6.55. The second-order valence-electron chi connectivity index (χ2n) is 6.24. The van der Waals surface area contributed by atoms with Gasteiger partial charge in [0.25, 0.3) is 0 Å². The summed E-state index contributed by atoms with van der Waals surface area (Å²) in [5.41, 5.74) is 0.460. The molecule has 2 aliphatic heterocycles. The van der Waals surface area contributed by atoms with Crippen LogP contribution in [0.25, 0.3) is 0 Å². The molecule has 0 spiro atoms. The van der Waals surface area contributed by atoms with E-state index >= 15 is 0 Å². The van der Waals surface area contributed by atoms with E-state index < -0.39 is 0 Å². The van der Waals surface area contributed by atoms with Gasteiger partial charge in [0.15, 0.2) is 0 Å². The first kappa shape index (κ1) is 11.4. The molecule has 2 rings (SSSR count). The van der Waals surface area contributed by atoms with Crippen LogP contribution in [0.2, 0.25) is 0 Å². The summed E-state index contributed by atoms with van der Waals surface area (Å²) < 4.78 is 0. The van der Waals surface area contributed by atoms with Gasteiger partial charge in [-0.2, -0.15) is 0 Å². The minimum absolute atomic E-state index is 0.460. The fourth-order valence-electron chi connectivity index (χ4n) is 3.29.